The zero-order chi connectivity index (χ0) is 4.50. The third-order valence-corrected chi connectivity index (χ3v) is 0. The van der Waals surface area contributed by atoms with E-state index < -0.39 is 4.49 Å². The quantitative estimate of drug-likeness (QED) is 0.379. The van der Waals surface area contributed by atoms with Gasteiger partial charge >= 0.3 is 0 Å². The highest BCUT2D eigenvalue weighted by molar-refractivity contribution is 6.05. The van der Waals surface area contributed by atoms with Gasteiger partial charge in [0.15, 0.2) is 0 Å². The van der Waals surface area contributed by atoms with Gasteiger partial charge in [0.05, 0.1) is 0 Å². The van der Waals surface area contributed by atoms with Gasteiger partial charge in [-0.05, 0) is 0 Å². The van der Waals surface area contributed by atoms with Crippen LogP contribution in [-0.2, 0) is 0 Å². The summed E-state index contributed by atoms with van der Waals surface area (Å²) in [4.78, 5) is 0. The Morgan fingerprint density at radius 2 is 1.50 bits per heavy atom. The largest absolute Gasteiger partial charge is 0.545 e. The maximum absolute atomic E-state index is 8.92. The second-order valence-electron chi connectivity index (χ2n) is 0.473. The van der Waals surface area contributed by atoms with E-state index in [2.05, 4.69) is 11.8 Å². The van der Waals surface area contributed by atoms with Gasteiger partial charge in [-0.2, -0.15) is 10.4 Å². The van der Waals surface area contributed by atoms with Crippen molar-refractivity contribution in [3.8, 4) is 0 Å². The fourth-order valence-electron chi connectivity index (χ4n) is 0. The summed E-state index contributed by atoms with van der Waals surface area (Å²) in [6, 6.07) is 0. The van der Waals surface area contributed by atoms with Crippen LogP contribution in [0.1, 0.15) is 0 Å². The normalized spacial score (nSPS) is 10.0. The predicted octanol–water partition coefficient (Wildman–Crippen LogP) is 0.655. The van der Waals surface area contributed by atoms with E-state index in [0.717, 1.165) is 0 Å². The van der Waals surface area contributed by atoms with E-state index in [-0.39, 0.29) is 12.4 Å². The lowest BCUT2D eigenvalue weighted by Gasteiger charge is -2.09. The molecule has 0 aromatic rings. The van der Waals surface area contributed by atoms with Crippen molar-refractivity contribution in [2.24, 2.45) is 0 Å². The summed E-state index contributed by atoms with van der Waals surface area (Å²) >= 11 is 4.02. The molecule has 0 aliphatic carbocycles. The molecule has 6 heteroatoms. The van der Waals surface area contributed by atoms with E-state index in [1.54, 1.807) is 0 Å². The molecule has 0 saturated carbocycles. The van der Waals surface area contributed by atoms with E-state index in [4.69, 9.17) is 15.6 Å². The van der Waals surface area contributed by atoms with Crippen LogP contribution >= 0.6 is 24.2 Å². The highest BCUT2D eigenvalue weighted by atomic mass is 35.5. The van der Waals surface area contributed by atoms with Crippen molar-refractivity contribution in [2.75, 3.05) is 0 Å². The second-order valence-corrected chi connectivity index (χ2v) is 0.913. The average molecular weight is 136 g/mol. The van der Waals surface area contributed by atoms with E-state index >= 15 is 0 Å². The van der Waals surface area contributed by atoms with E-state index in [9.17, 15) is 0 Å². The number of hydrogen-bond acceptors (Lipinski definition) is 3. The van der Waals surface area contributed by atoms with Crippen molar-refractivity contribution in [1.29, 1.82) is 0 Å². The predicted molar refractivity (Wildman–Crippen MR) is 20.3 cm³/mol. The summed E-state index contributed by atoms with van der Waals surface area (Å²) in [7, 11) is 0. The zero-order valence-corrected chi connectivity index (χ0v) is 4.11. The van der Waals surface area contributed by atoms with Gasteiger partial charge in [-0.25, -0.2) is 0 Å². The minimum Gasteiger partial charge on any atom is -0.545 e. The third-order valence-electron chi connectivity index (χ3n) is 0. The van der Waals surface area contributed by atoms with Gasteiger partial charge in [-0.1, -0.05) is 0 Å². The monoisotopic (exact) mass is 135 g/mol. The Morgan fingerprint density at radius 1 is 1.50 bits per heavy atom. The van der Waals surface area contributed by atoms with Gasteiger partial charge < -0.3 is 5.21 Å². The molecule has 0 aromatic heterocycles. The van der Waals surface area contributed by atoms with Crippen LogP contribution in [-0.4, -0.2) is 14.9 Å². The molecule has 0 aromatic carbocycles. The van der Waals surface area contributed by atoms with Crippen molar-refractivity contribution in [1.82, 2.24) is 0 Å². The number of hydrogen-bond donors (Lipinski definition) is 2. The maximum Gasteiger partial charge on any atom is 0.247 e. The fraction of sp³-hybridized carbons (Fsp3) is 0. The first-order chi connectivity index (χ1) is 2.00. The first-order valence-corrected chi connectivity index (χ1v) is 1.09. The molecule has 0 unspecified atom stereocenters. The Balaban J connectivity index is 0. The molecule has 0 aliphatic heterocycles. The molecule has 0 radical (unpaired) electrons. The molecule has 2 N–H and O–H groups in total. The number of rotatable bonds is 0. The second kappa shape index (κ2) is 2.57. The molecule has 6 heavy (non-hydrogen) atoms. The smallest absolute Gasteiger partial charge is 0.247 e. The first-order valence-electron chi connectivity index (χ1n) is 0.752. The Labute approximate surface area is 45.2 Å². The highest BCUT2D eigenvalue weighted by Crippen LogP contribution is 1.92. The van der Waals surface area contributed by atoms with Crippen LogP contribution in [0.3, 0.4) is 0 Å². The molecule has 0 heterocycles. The lowest BCUT2D eigenvalue weighted by molar-refractivity contribution is -1.13. The molecule has 0 atom stereocenters. The topological polar surface area (TPSA) is 63.5 Å². The molecule has 0 bridgehead atoms. The lowest BCUT2D eigenvalue weighted by Crippen LogP contribution is -2.19. The minimum atomic E-state index is -2.78. The molecule has 0 aliphatic rings. The molecule has 40 valence electrons. The van der Waals surface area contributed by atoms with Crippen LogP contribution in [0.5, 0.6) is 0 Å². The standard InChI is InChI=1S/ClH2NO3.ClH/c1-2(3,4)5;/h3-4H;1H. The van der Waals surface area contributed by atoms with Crippen molar-refractivity contribution < 1.29 is 14.9 Å². The Kier molecular flexibility index (Phi) is 4.13. The van der Waals surface area contributed by atoms with Crippen LogP contribution < -0.4 is 0 Å². The SMILES string of the molecule is Cl.[O-][N+](O)(O)Cl. The lowest BCUT2D eigenvalue weighted by atomic mass is 13.0. The van der Waals surface area contributed by atoms with Crippen LogP contribution in [0.4, 0.5) is 0 Å². The number of quaternary nitrogens is 1. The summed E-state index contributed by atoms with van der Waals surface area (Å²) in [5.74, 6) is 0. The summed E-state index contributed by atoms with van der Waals surface area (Å²) < 4.78 is -2.78. The molecule has 0 spiro atoms. The molecule has 0 saturated heterocycles. The van der Waals surface area contributed by atoms with Crippen molar-refractivity contribution in [2.45, 2.75) is 0 Å². The molecular weight excluding hydrogens is 133 g/mol. The van der Waals surface area contributed by atoms with E-state index in [1.807, 2.05) is 0 Å². The first kappa shape index (κ1) is 9.65. The van der Waals surface area contributed by atoms with Crippen LogP contribution in [0.15, 0.2) is 0 Å². The third kappa shape index (κ3) is 293. The number of halogens is 2. The maximum atomic E-state index is 8.92. The van der Waals surface area contributed by atoms with E-state index in [0.29, 0.717) is 0 Å². The summed E-state index contributed by atoms with van der Waals surface area (Å²) in [5.41, 5.74) is 0. The van der Waals surface area contributed by atoms with E-state index in [1.165, 1.54) is 0 Å². The molecule has 4 nitrogen and oxygen atoms in total. The number of nitrogens with zero attached hydrogens (tertiary/aromatic N) is 1. The average Bonchev–Trinajstić information content (AvgIpc) is 0.722. The van der Waals surface area contributed by atoms with Gasteiger partial charge in [0.25, 0.3) is 0 Å². The minimum absolute atomic E-state index is 0. The van der Waals surface area contributed by atoms with Crippen LogP contribution in [0.2, 0.25) is 0 Å². The van der Waals surface area contributed by atoms with Gasteiger partial charge in [-0.3, -0.25) is 0 Å². The molecule has 0 fully saturated rings. The van der Waals surface area contributed by atoms with Crippen molar-refractivity contribution in [3.63, 3.8) is 0 Å². The molecule has 0 rings (SSSR count). The van der Waals surface area contributed by atoms with Crippen molar-refractivity contribution in [3.05, 3.63) is 5.21 Å². The van der Waals surface area contributed by atoms with Crippen molar-refractivity contribution >= 4 is 24.2 Å². The zero-order valence-electron chi connectivity index (χ0n) is 2.54. The highest BCUT2D eigenvalue weighted by Gasteiger charge is 1.96. The van der Waals surface area contributed by atoms with Gasteiger partial charge in [-0.15, -0.1) is 12.4 Å². The van der Waals surface area contributed by atoms with Gasteiger partial charge in [0.2, 0.25) is 11.8 Å². The summed E-state index contributed by atoms with van der Waals surface area (Å²) in [5, 5.41) is 23.4. The van der Waals surface area contributed by atoms with Crippen LogP contribution in [0, 0.1) is 5.21 Å². The Hall–Kier alpha value is 0.420. The molecular formula is H3Cl2NO3. The van der Waals surface area contributed by atoms with Crippen LogP contribution in [0.25, 0.3) is 0 Å². The Bertz CT molecular complexity index is 24.3. The fourth-order valence-corrected chi connectivity index (χ4v) is 0. The summed E-state index contributed by atoms with van der Waals surface area (Å²) in [6.45, 7) is 0. The molecule has 0 amide bonds. The van der Waals surface area contributed by atoms with Gasteiger partial charge in [0.1, 0.15) is 0 Å². The summed E-state index contributed by atoms with van der Waals surface area (Å²) in [6.07, 6.45) is 0. The Morgan fingerprint density at radius 3 is 1.50 bits per heavy atom. The van der Waals surface area contributed by atoms with Gasteiger partial charge in [0, 0.05) is 4.49 Å².